The van der Waals surface area contributed by atoms with Gasteiger partial charge in [-0.2, -0.15) is 0 Å². The van der Waals surface area contributed by atoms with Gasteiger partial charge in [-0.05, 0) is 6.92 Å². The molecule has 0 atom stereocenters. The first-order chi connectivity index (χ1) is 5.47. The molecule has 0 radical (unpaired) electrons. The summed E-state index contributed by atoms with van der Waals surface area (Å²) in [7, 11) is 1.86. The van der Waals surface area contributed by atoms with Gasteiger partial charge in [0.2, 0.25) is 12.2 Å². The SMILES string of the molecule is C[n+]1ccn(CCC(C)(F)F)c1. The molecule has 12 heavy (non-hydrogen) atoms. The lowest BCUT2D eigenvalue weighted by Crippen LogP contribution is -2.24. The summed E-state index contributed by atoms with van der Waals surface area (Å²) < 4.78 is 28.4. The van der Waals surface area contributed by atoms with E-state index in [1.165, 1.54) is 0 Å². The Labute approximate surface area is 70.4 Å². The van der Waals surface area contributed by atoms with E-state index in [-0.39, 0.29) is 6.42 Å². The van der Waals surface area contributed by atoms with Gasteiger partial charge in [0.1, 0.15) is 12.4 Å². The van der Waals surface area contributed by atoms with Crippen molar-refractivity contribution in [3.63, 3.8) is 0 Å². The Morgan fingerprint density at radius 3 is 2.58 bits per heavy atom. The molecule has 0 saturated heterocycles. The van der Waals surface area contributed by atoms with Crippen molar-refractivity contribution in [2.45, 2.75) is 25.8 Å². The average Bonchev–Trinajstić information content (AvgIpc) is 2.30. The zero-order chi connectivity index (χ0) is 9.19. The van der Waals surface area contributed by atoms with Crippen LogP contribution in [0.5, 0.6) is 0 Å². The van der Waals surface area contributed by atoms with Crippen LogP contribution < -0.4 is 4.57 Å². The van der Waals surface area contributed by atoms with Crippen molar-refractivity contribution in [2.24, 2.45) is 7.05 Å². The number of aromatic nitrogens is 2. The van der Waals surface area contributed by atoms with Crippen LogP contribution in [0, 0.1) is 0 Å². The Morgan fingerprint density at radius 2 is 2.17 bits per heavy atom. The summed E-state index contributed by atoms with van der Waals surface area (Å²) in [6, 6.07) is 0. The predicted molar refractivity (Wildman–Crippen MR) is 40.8 cm³/mol. The third-order valence-electron chi connectivity index (χ3n) is 1.63. The summed E-state index contributed by atoms with van der Waals surface area (Å²) in [6.45, 7) is 1.31. The Balaban J connectivity index is 2.44. The van der Waals surface area contributed by atoms with Crippen molar-refractivity contribution in [3.05, 3.63) is 18.7 Å². The standard InChI is InChI=1S/C8H13F2N2/c1-8(9,10)3-4-12-6-5-11(2)7-12/h5-7H,3-4H2,1-2H3/q+1. The van der Waals surface area contributed by atoms with Crippen LogP contribution in [-0.2, 0) is 13.6 Å². The van der Waals surface area contributed by atoms with Gasteiger partial charge in [0, 0.05) is 6.42 Å². The van der Waals surface area contributed by atoms with E-state index in [9.17, 15) is 8.78 Å². The third kappa shape index (κ3) is 2.98. The Bertz CT molecular complexity index is 250. The van der Waals surface area contributed by atoms with Gasteiger partial charge in [0.25, 0.3) is 0 Å². The summed E-state index contributed by atoms with van der Waals surface area (Å²) in [4.78, 5) is 0. The molecule has 0 bridgehead atoms. The molecule has 2 nitrogen and oxygen atoms in total. The van der Waals surface area contributed by atoms with E-state index < -0.39 is 5.92 Å². The Morgan fingerprint density at radius 1 is 1.50 bits per heavy atom. The molecule has 0 amide bonds. The number of hydrogen-bond donors (Lipinski definition) is 0. The van der Waals surface area contributed by atoms with Crippen molar-refractivity contribution in [3.8, 4) is 0 Å². The maximum atomic E-state index is 12.4. The lowest BCUT2D eigenvalue weighted by molar-refractivity contribution is -0.671. The number of imidazole rings is 1. The second-order valence-electron chi connectivity index (χ2n) is 3.14. The molecule has 0 aliphatic carbocycles. The maximum Gasteiger partial charge on any atom is 0.249 e. The number of hydrogen-bond acceptors (Lipinski definition) is 0. The second kappa shape index (κ2) is 3.21. The fraction of sp³-hybridized carbons (Fsp3) is 0.625. The van der Waals surface area contributed by atoms with E-state index in [0.717, 1.165) is 6.92 Å². The van der Waals surface area contributed by atoms with Gasteiger partial charge < -0.3 is 0 Å². The molecule has 1 aromatic heterocycles. The van der Waals surface area contributed by atoms with Gasteiger partial charge in [-0.25, -0.2) is 17.9 Å². The fourth-order valence-electron chi connectivity index (χ4n) is 0.959. The maximum absolute atomic E-state index is 12.4. The molecule has 1 aromatic rings. The summed E-state index contributed by atoms with van der Waals surface area (Å²) in [6.07, 6.45) is 5.28. The molecule has 4 heteroatoms. The number of aryl methyl sites for hydroxylation is 2. The summed E-state index contributed by atoms with van der Waals surface area (Å²) >= 11 is 0. The molecular formula is C8H13F2N2+. The molecular weight excluding hydrogens is 162 g/mol. The van der Waals surface area contributed by atoms with Gasteiger partial charge in [-0.3, -0.25) is 0 Å². The molecule has 0 unspecified atom stereocenters. The molecule has 1 heterocycles. The Kier molecular flexibility index (Phi) is 2.45. The molecule has 0 aliphatic rings. The molecule has 0 N–H and O–H groups in total. The van der Waals surface area contributed by atoms with Crippen molar-refractivity contribution in [1.82, 2.24) is 4.57 Å². The molecule has 68 valence electrons. The summed E-state index contributed by atoms with van der Waals surface area (Å²) in [5.41, 5.74) is 0. The van der Waals surface area contributed by atoms with Crippen LogP contribution in [0.25, 0.3) is 0 Å². The first-order valence-electron chi connectivity index (χ1n) is 3.86. The van der Waals surface area contributed by atoms with Crippen LogP contribution in [0.1, 0.15) is 13.3 Å². The van der Waals surface area contributed by atoms with Crippen molar-refractivity contribution >= 4 is 0 Å². The topological polar surface area (TPSA) is 8.81 Å². The van der Waals surface area contributed by atoms with Gasteiger partial charge in [-0.1, -0.05) is 0 Å². The van der Waals surface area contributed by atoms with E-state index >= 15 is 0 Å². The van der Waals surface area contributed by atoms with Gasteiger partial charge in [-0.15, -0.1) is 0 Å². The fourth-order valence-corrected chi connectivity index (χ4v) is 0.959. The van der Waals surface area contributed by atoms with E-state index in [0.29, 0.717) is 6.54 Å². The second-order valence-corrected chi connectivity index (χ2v) is 3.14. The normalized spacial score (nSPS) is 12.0. The van der Waals surface area contributed by atoms with Crippen LogP contribution in [0.15, 0.2) is 18.7 Å². The number of rotatable bonds is 3. The highest BCUT2D eigenvalue weighted by molar-refractivity contribution is 4.68. The lowest BCUT2D eigenvalue weighted by Gasteiger charge is -2.06. The molecule has 0 fully saturated rings. The molecule has 0 aromatic carbocycles. The number of alkyl halides is 2. The zero-order valence-electron chi connectivity index (χ0n) is 7.30. The van der Waals surface area contributed by atoms with Gasteiger partial charge in [0.15, 0.2) is 0 Å². The lowest BCUT2D eigenvalue weighted by atomic mass is 10.3. The van der Waals surface area contributed by atoms with Crippen LogP contribution in [0.3, 0.4) is 0 Å². The minimum atomic E-state index is -2.57. The van der Waals surface area contributed by atoms with E-state index in [1.54, 1.807) is 17.1 Å². The quantitative estimate of drug-likeness (QED) is 0.613. The first kappa shape index (κ1) is 9.16. The van der Waals surface area contributed by atoms with Crippen molar-refractivity contribution in [1.29, 1.82) is 0 Å². The van der Waals surface area contributed by atoms with Crippen LogP contribution in [0.4, 0.5) is 8.78 Å². The van der Waals surface area contributed by atoms with Crippen LogP contribution in [-0.4, -0.2) is 10.5 Å². The summed E-state index contributed by atoms with van der Waals surface area (Å²) in [5.74, 6) is -2.57. The van der Waals surface area contributed by atoms with Crippen LogP contribution >= 0.6 is 0 Å². The van der Waals surface area contributed by atoms with E-state index in [2.05, 4.69) is 0 Å². The average molecular weight is 175 g/mol. The minimum Gasteiger partial charge on any atom is -0.240 e. The minimum absolute atomic E-state index is 0.109. The Hall–Kier alpha value is -0.930. The highest BCUT2D eigenvalue weighted by atomic mass is 19.3. The highest BCUT2D eigenvalue weighted by Gasteiger charge is 2.21. The van der Waals surface area contributed by atoms with Gasteiger partial charge in [0.05, 0.1) is 13.6 Å². The van der Waals surface area contributed by atoms with Crippen molar-refractivity contribution in [2.75, 3.05) is 0 Å². The van der Waals surface area contributed by atoms with E-state index in [1.807, 2.05) is 17.8 Å². The monoisotopic (exact) mass is 175 g/mol. The highest BCUT2D eigenvalue weighted by Crippen LogP contribution is 2.16. The molecule has 0 aliphatic heterocycles. The van der Waals surface area contributed by atoms with Crippen LogP contribution in [0.2, 0.25) is 0 Å². The molecule has 0 spiro atoms. The number of halogens is 2. The number of nitrogens with zero attached hydrogens (tertiary/aromatic N) is 2. The first-order valence-corrected chi connectivity index (χ1v) is 3.86. The molecule has 0 saturated carbocycles. The van der Waals surface area contributed by atoms with Gasteiger partial charge >= 0.3 is 0 Å². The van der Waals surface area contributed by atoms with E-state index in [4.69, 9.17) is 0 Å². The smallest absolute Gasteiger partial charge is 0.240 e. The molecule has 1 rings (SSSR count). The zero-order valence-corrected chi connectivity index (χ0v) is 7.30. The predicted octanol–water partition coefficient (Wildman–Crippen LogP) is 1.36. The largest absolute Gasteiger partial charge is 0.249 e. The van der Waals surface area contributed by atoms with Crippen molar-refractivity contribution < 1.29 is 13.3 Å². The summed E-state index contributed by atoms with van der Waals surface area (Å²) in [5, 5.41) is 0. The third-order valence-corrected chi connectivity index (χ3v) is 1.63.